The summed E-state index contributed by atoms with van der Waals surface area (Å²) in [5.74, 6) is 0.948. The Morgan fingerprint density at radius 2 is 1.71 bits per heavy atom. The summed E-state index contributed by atoms with van der Waals surface area (Å²) >= 11 is 0. The zero-order valence-electron chi connectivity index (χ0n) is 18.1. The number of hydrogen-bond donors (Lipinski definition) is 2. The number of likely N-dealkylation sites (N-methyl/N-ethyl adjacent to an activating group) is 1. The zero-order valence-corrected chi connectivity index (χ0v) is 20.4. The molecule has 28 heavy (non-hydrogen) atoms. The van der Waals surface area contributed by atoms with Crippen molar-refractivity contribution in [1.29, 1.82) is 0 Å². The average molecular weight is 503 g/mol. The molecule has 0 saturated carbocycles. The highest BCUT2D eigenvalue weighted by Gasteiger charge is 2.13. The lowest BCUT2D eigenvalue weighted by molar-refractivity contribution is -0.130. The van der Waals surface area contributed by atoms with Crippen molar-refractivity contribution in [2.75, 3.05) is 46.8 Å². The molecular formula is C21H38IN5O. The van der Waals surface area contributed by atoms with Crippen LogP contribution >= 0.6 is 24.0 Å². The van der Waals surface area contributed by atoms with Crippen LogP contribution in [0.15, 0.2) is 35.3 Å². The van der Waals surface area contributed by atoms with E-state index in [1.165, 1.54) is 5.56 Å². The normalized spacial score (nSPS) is 12.3. The second kappa shape index (κ2) is 15.6. The zero-order chi connectivity index (χ0) is 20.1. The van der Waals surface area contributed by atoms with Crippen molar-refractivity contribution in [2.45, 2.75) is 39.7 Å². The smallest absolute Gasteiger partial charge is 0.224 e. The van der Waals surface area contributed by atoms with Gasteiger partial charge in [0.05, 0.1) is 6.54 Å². The molecule has 0 aliphatic heterocycles. The van der Waals surface area contributed by atoms with Gasteiger partial charge in [0.25, 0.3) is 0 Å². The van der Waals surface area contributed by atoms with Gasteiger partial charge in [-0.2, -0.15) is 0 Å². The fraction of sp³-hybridized carbons (Fsp3) is 0.619. The molecule has 1 aromatic rings. The first-order chi connectivity index (χ1) is 13.0. The highest BCUT2D eigenvalue weighted by Crippen LogP contribution is 2.07. The Kier molecular flexibility index (Phi) is 14.8. The van der Waals surface area contributed by atoms with Gasteiger partial charge in [0.1, 0.15) is 0 Å². The Balaban J connectivity index is 0.00000729. The number of halogens is 1. The van der Waals surface area contributed by atoms with Crippen molar-refractivity contribution in [3.05, 3.63) is 35.9 Å². The van der Waals surface area contributed by atoms with E-state index in [0.717, 1.165) is 32.0 Å². The maximum absolute atomic E-state index is 12.1. The first-order valence-electron chi connectivity index (χ1n) is 10.0. The van der Waals surface area contributed by atoms with Crippen LogP contribution in [0.1, 0.15) is 32.8 Å². The van der Waals surface area contributed by atoms with Crippen molar-refractivity contribution >= 4 is 35.8 Å². The summed E-state index contributed by atoms with van der Waals surface area (Å²) in [6, 6.07) is 10.8. The standard InChI is InChI=1S/C21H37N5O.HI/c1-6-22-21(23-15-14-20(27)26(7-2)8-3)24-17-19(25(4)5)16-18-12-10-9-11-13-18;/h9-13,19H,6-8,14-17H2,1-5H3,(H2,22,23,24);1H. The quantitative estimate of drug-likeness (QED) is 0.277. The fourth-order valence-corrected chi connectivity index (χ4v) is 2.86. The van der Waals surface area contributed by atoms with Crippen molar-refractivity contribution < 1.29 is 4.79 Å². The molecular weight excluding hydrogens is 465 g/mol. The number of nitrogens with zero attached hydrogens (tertiary/aromatic N) is 3. The van der Waals surface area contributed by atoms with Gasteiger partial charge in [0, 0.05) is 38.6 Å². The minimum atomic E-state index is 0. The van der Waals surface area contributed by atoms with E-state index in [1.807, 2.05) is 31.7 Å². The van der Waals surface area contributed by atoms with Crippen molar-refractivity contribution in [3.8, 4) is 0 Å². The summed E-state index contributed by atoms with van der Waals surface area (Å²) in [6.45, 7) is 9.66. The predicted molar refractivity (Wildman–Crippen MR) is 130 cm³/mol. The molecule has 0 bridgehead atoms. The Morgan fingerprint density at radius 3 is 2.25 bits per heavy atom. The molecule has 0 spiro atoms. The molecule has 0 fully saturated rings. The largest absolute Gasteiger partial charge is 0.357 e. The summed E-state index contributed by atoms with van der Waals surface area (Å²) in [7, 11) is 4.18. The minimum Gasteiger partial charge on any atom is -0.357 e. The van der Waals surface area contributed by atoms with Crippen molar-refractivity contribution in [2.24, 2.45) is 4.99 Å². The number of carbonyl (C=O) groups is 1. The van der Waals surface area contributed by atoms with Crippen LogP contribution < -0.4 is 10.6 Å². The van der Waals surface area contributed by atoms with Gasteiger partial charge in [-0.25, -0.2) is 0 Å². The summed E-state index contributed by atoms with van der Waals surface area (Å²) in [5.41, 5.74) is 1.31. The number of hydrogen-bond acceptors (Lipinski definition) is 3. The van der Waals surface area contributed by atoms with Crippen LogP contribution in [0.2, 0.25) is 0 Å². The minimum absolute atomic E-state index is 0. The van der Waals surface area contributed by atoms with Crippen LogP contribution in [0.4, 0.5) is 0 Å². The second-order valence-corrected chi connectivity index (χ2v) is 6.77. The van der Waals surface area contributed by atoms with E-state index < -0.39 is 0 Å². The second-order valence-electron chi connectivity index (χ2n) is 6.77. The Labute approximate surface area is 188 Å². The van der Waals surface area contributed by atoms with E-state index in [9.17, 15) is 4.79 Å². The van der Waals surface area contributed by atoms with Crippen LogP contribution in [-0.4, -0.2) is 74.5 Å². The molecule has 1 atom stereocenters. The van der Waals surface area contributed by atoms with Gasteiger partial charge in [-0.05, 0) is 46.9 Å². The third-order valence-corrected chi connectivity index (χ3v) is 4.60. The van der Waals surface area contributed by atoms with Crippen LogP contribution in [0.3, 0.4) is 0 Å². The molecule has 1 amide bonds. The molecule has 0 heterocycles. The van der Waals surface area contributed by atoms with Crippen LogP contribution in [0.25, 0.3) is 0 Å². The van der Waals surface area contributed by atoms with E-state index >= 15 is 0 Å². The highest BCUT2D eigenvalue weighted by molar-refractivity contribution is 14.0. The molecule has 0 radical (unpaired) electrons. The lowest BCUT2D eigenvalue weighted by atomic mass is 10.1. The fourth-order valence-electron chi connectivity index (χ4n) is 2.86. The maximum atomic E-state index is 12.1. The number of benzene rings is 1. The summed E-state index contributed by atoms with van der Waals surface area (Å²) in [5, 5.41) is 6.55. The highest BCUT2D eigenvalue weighted by atomic mass is 127. The van der Waals surface area contributed by atoms with Gasteiger partial charge < -0.3 is 20.4 Å². The molecule has 1 unspecified atom stereocenters. The molecule has 0 aromatic heterocycles. The molecule has 0 saturated heterocycles. The third-order valence-electron chi connectivity index (χ3n) is 4.60. The maximum Gasteiger partial charge on any atom is 0.224 e. The third kappa shape index (κ3) is 10.3. The van der Waals surface area contributed by atoms with E-state index in [4.69, 9.17) is 4.99 Å². The van der Waals surface area contributed by atoms with Gasteiger partial charge in [-0.3, -0.25) is 9.79 Å². The molecule has 1 rings (SSSR count). The van der Waals surface area contributed by atoms with Crippen LogP contribution in [-0.2, 0) is 11.2 Å². The molecule has 0 aliphatic carbocycles. The summed E-state index contributed by atoms with van der Waals surface area (Å²) in [6.07, 6.45) is 1.43. The van der Waals surface area contributed by atoms with Gasteiger partial charge in [0.2, 0.25) is 5.91 Å². The molecule has 160 valence electrons. The topological polar surface area (TPSA) is 60.0 Å². The van der Waals surface area contributed by atoms with Crippen molar-refractivity contribution in [1.82, 2.24) is 20.4 Å². The lowest BCUT2D eigenvalue weighted by Gasteiger charge is -2.23. The first-order valence-corrected chi connectivity index (χ1v) is 10.0. The number of guanidine groups is 1. The van der Waals surface area contributed by atoms with Gasteiger partial charge in [0.15, 0.2) is 5.96 Å². The molecule has 0 aliphatic rings. The monoisotopic (exact) mass is 503 g/mol. The molecule has 6 nitrogen and oxygen atoms in total. The predicted octanol–water partition coefficient (Wildman–Crippen LogP) is 2.59. The van der Waals surface area contributed by atoms with Gasteiger partial charge >= 0.3 is 0 Å². The number of amides is 1. The Bertz CT molecular complexity index is 561. The van der Waals surface area contributed by atoms with E-state index in [-0.39, 0.29) is 29.9 Å². The number of rotatable bonds is 11. The van der Waals surface area contributed by atoms with Crippen LogP contribution in [0.5, 0.6) is 0 Å². The summed E-state index contributed by atoms with van der Waals surface area (Å²) in [4.78, 5) is 20.9. The summed E-state index contributed by atoms with van der Waals surface area (Å²) < 4.78 is 0. The Hall–Kier alpha value is -1.35. The SMILES string of the molecule is CCNC(=NCC(Cc1ccccc1)N(C)C)NCCC(=O)N(CC)CC.I. The first kappa shape index (κ1) is 26.6. The lowest BCUT2D eigenvalue weighted by Crippen LogP contribution is -2.41. The van der Waals surface area contributed by atoms with E-state index in [0.29, 0.717) is 25.6 Å². The van der Waals surface area contributed by atoms with E-state index in [1.54, 1.807) is 0 Å². The molecule has 7 heteroatoms. The Morgan fingerprint density at radius 1 is 1.07 bits per heavy atom. The number of carbonyl (C=O) groups excluding carboxylic acids is 1. The average Bonchev–Trinajstić information content (AvgIpc) is 2.66. The number of aliphatic imine (C=N–C) groups is 1. The van der Waals surface area contributed by atoms with Gasteiger partial charge in [-0.15, -0.1) is 24.0 Å². The van der Waals surface area contributed by atoms with Crippen LogP contribution in [0, 0.1) is 0 Å². The number of nitrogens with one attached hydrogen (secondary N) is 2. The molecule has 1 aromatic carbocycles. The van der Waals surface area contributed by atoms with E-state index in [2.05, 4.69) is 53.9 Å². The van der Waals surface area contributed by atoms with Gasteiger partial charge in [-0.1, -0.05) is 30.3 Å². The molecule has 2 N–H and O–H groups in total. The van der Waals surface area contributed by atoms with Crippen molar-refractivity contribution in [3.63, 3.8) is 0 Å².